The molecule has 7 heteroatoms. The first kappa shape index (κ1) is 21.7. The van der Waals surface area contributed by atoms with Gasteiger partial charge in [0.15, 0.2) is 0 Å². The highest BCUT2D eigenvalue weighted by molar-refractivity contribution is 6.30. The smallest absolute Gasteiger partial charge is 0.255 e. The minimum absolute atomic E-state index is 0.197. The number of rotatable bonds is 6. The van der Waals surface area contributed by atoms with Crippen LogP contribution in [0.4, 0.5) is 11.5 Å². The van der Waals surface area contributed by atoms with Gasteiger partial charge < -0.3 is 15.6 Å². The fourth-order valence-electron chi connectivity index (χ4n) is 4.04. The molecule has 0 bridgehead atoms. The Balaban J connectivity index is 1.55. The lowest BCUT2D eigenvalue weighted by Gasteiger charge is -2.20. The molecule has 0 radical (unpaired) electrons. The van der Waals surface area contributed by atoms with Crippen LogP contribution in [0.15, 0.2) is 91.3 Å². The summed E-state index contributed by atoms with van der Waals surface area (Å²) in [6, 6.07) is 24.0. The number of hydrogen-bond donors (Lipinski definition) is 3. The molecule has 0 spiro atoms. The maximum absolute atomic E-state index is 12.8. The molecule has 5 aromatic rings. The highest BCUT2D eigenvalue weighted by Gasteiger charge is 2.23. The van der Waals surface area contributed by atoms with E-state index in [2.05, 4.69) is 25.6 Å². The molecule has 5 rings (SSSR count). The number of aromatic amines is 1. The average molecular weight is 468 g/mol. The van der Waals surface area contributed by atoms with E-state index in [1.165, 1.54) is 0 Å². The second-order valence-electron chi connectivity index (χ2n) is 7.93. The monoisotopic (exact) mass is 467 g/mol. The maximum atomic E-state index is 12.8. The number of carbonyl (C=O) groups is 1. The van der Waals surface area contributed by atoms with Crippen molar-refractivity contribution in [2.75, 3.05) is 10.6 Å². The van der Waals surface area contributed by atoms with Crippen molar-refractivity contribution in [1.29, 1.82) is 0 Å². The van der Waals surface area contributed by atoms with Gasteiger partial charge in [0.1, 0.15) is 5.82 Å². The van der Waals surface area contributed by atoms with Crippen molar-refractivity contribution in [1.82, 2.24) is 15.0 Å². The Bertz CT molecular complexity index is 1430. The summed E-state index contributed by atoms with van der Waals surface area (Å²) in [4.78, 5) is 25.3. The first-order chi connectivity index (χ1) is 16.6. The minimum Gasteiger partial charge on any atom is -0.358 e. The van der Waals surface area contributed by atoms with Gasteiger partial charge in [0.25, 0.3) is 5.91 Å². The van der Waals surface area contributed by atoms with Crippen molar-refractivity contribution >= 4 is 39.9 Å². The standard InChI is InChI=1S/C27H22ClN5O/c1-17-25(26(23-6-2-4-14-29-23)33-24-7-3-5-15-30-24)21-16-20(12-13-22(21)31-17)32-27(34)18-8-10-19(28)11-9-18/h2-16,26,31H,1H3,(H,30,33)(H,32,34). The summed E-state index contributed by atoms with van der Waals surface area (Å²) in [5, 5.41) is 8.10. The van der Waals surface area contributed by atoms with E-state index < -0.39 is 0 Å². The molecule has 34 heavy (non-hydrogen) atoms. The molecule has 3 aromatic heterocycles. The van der Waals surface area contributed by atoms with E-state index >= 15 is 0 Å². The highest BCUT2D eigenvalue weighted by Crippen LogP contribution is 2.35. The summed E-state index contributed by atoms with van der Waals surface area (Å²) in [6.07, 6.45) is 3.54. The number of H-pyrrole nitrogens is 1. The second kappa shape index (κ2) is 9.37. The lowest BCUT2D eigenvalue weighted by atomic mass is 9.99. The number of benzene rings is 2. The molecule has 0 aliphatic rings. The van der Waals surface area contributed by atoms with Gasteiger partial charge in [-0.25, -0.2) is 4.98 Å². The number of pyridine rings is 2. The Labute approximate surface area is 202 Å². The zero-order valence-electron chi connectivity index (χ0n) is 18.4. The van der Waals surface area contributed by atoms with Gasteiger partial charge in [-0.3, -0.25) is 9.78 Å². The van der Waals surface area contributed by atoms with Crippen LogP contribution in [-0.4, -0.2) is 20.9 Å². The van der Waals surface area contributed by atoms with E-state index in [1.54, 1.807) is 36.7 Å². The number of hydrogen-bond acceptors (Lipinski definition) is 4. The Kier molecular flexibility index (Phi) is 5.97. The zero-order chi connectivity index (χ0) is 23.5. The van der Waals surface area contributed by atoms with E-state index in [9.17, 15) is 4.79 Å². The van der Waals surface area contributed by atoms with Gasteiger partial charge in [-0.1, -0.05) is 23.7 Å². The molecule has 2 aromatic carbocycles. The molecule has 0 aliphatic heterocycles. The number of anilines is 2. The third-order valence-corrected chi connectivity index (χ3v) is 5.88. The number of amides is 1. The van der Waals surface area contributed by atoms with Crippen LogP contribution in [0.5, 0.6) is 0 Å². The molecule has 6 nitrogen and oxygen atoms in total. The van der Waals surface area contributed by atoms with Crippen LogP contribution in [0.3, 0.4) is 0 Å². The van der Waals surface area contributed by atoms with Crippen molar-refractivity contribution in [2.24, 2.45) is 0 Å². The van der Waals surface area contributed by atoms with Gasteiger partial charge in [0.2, 0.25) is 0 Å². The van der Waals surface area contributed by atoms with Gasteiger partial charge in [-0.2, -0.15) is 0 Å². The van der Waals surface area contributed by atoms with Crippen LogP contribution in [0.2, 0.25) is 5.02 Å². The summed E-state index contributed by atoms with van der Waals surface area (Å²) in [5.41, 5.74) is 5.13. The van der Waals surface area contributed by atoms with E-state index in [4.69, 9.17) is 11.6 Å². The number of halogens is 1. The largest absolute Gasteiger partial charge is 0.358 e. The van der Waals surface area contributed by atoms with Crippen LogP contribution in [0.1, 0.15) is 33.4 Å². The van der Waals surface area contributed by atoms with Crippen LogP contribution in [-0.2, 0) is 0 Å². The molecule has 168 valence electrons. The molecule has 0 fully saturated rings. The number of aryl methyl sites for hydroxylation is 1. The molecule has 1 unspecified atom stereocenters. The van der Waals surface area contributed by atoms with Gasteiger partial charge in [-0.15, -0.1) is 0 Å². The van der Waals surface area contributed by atoms with Gasteiger partial charge in [0, 0.05) is 50.8 Å². The highest BCUT2D eigenvalue weighted by atomic mass is 35.5. The number of fused-ring (bicyclic) bond motifs is 1. The summed E-state index contributed by atoms with van der Waals surface area (Å²) in [5.74, 6) is 0.553. The molecular weight excluding hydrogens is 446 g/mol. The molecule has 0 saturated carbocycles. The fraction of sp³-hybridized carbons (Fsp3) is 0.0741. The van der Waals surface area contributed by atoms with Crippen LogP contribution >= 0.6 is 11.6 Å². The third kappa shape index (κ3) is 4.49. The Morgan fingerprint density at radius 2 is 1.71 bits per heavy atom. The Hall–Kier alpha value is -4.16. The molecule has 1 atom stereocenters. The topological polar surface area (TPSA) is 82.7 Å². The molecule has 0 saturated heterocycles. The minimum atomic E-state index is -0.243. The molecule has 1 amide bonds. The quantitative estimate of drug-likeness (QED) is 0.271. The molecular formula is C27H22ClN5O. The molecule has 0 aliphatic carbocycles. The zero-order valence-corrected chi connectivity index (χ0v) is 19.2. The Morgan fingerprint density at radius 3 is 2.41 bits per heavy atom. The predicted octanol–water partition coefficient (Wildman–Crippen LogP) is 6.37. The number of nitrogens with one attached hydrogen (secondary N) is 3. The van der Waals surface area contributed by atoms with E-state index in [-0.39, 0.29) is 11.9 Å². The van der Waals surface area contributed by atoms with Crippen molar-refractivity contribution in [3.63, 3.8) is 0 Å². The van der Waals surface area contributed by atoms with Crippen LogP contribution in [0.25, 0.3) is 10.9 Å². The van der Waals surface area contributed by atoms with E-state index in [0.717, 1.165) is 33.7 Å². The number of carbonyl (C=O) groups excluding carboxylic acids is 1. The van der Waals surface area contributed by atoms with Crippen molar-refractivity contribution in [3.05, 3.63) is 119 Å². The lowest BCUT2D eigenvalue weighted by Crippen LogP contribution is -2.15. The van der Waals surface area contributed by atoms with Crippen molar-refractivity contribution < 1.29 is 4.79 Å². The van der Waals surface area contributed by atoms with E-state index in [0.29, 0.717) is 16.3 Å². The summed E-state index contributed by atoms with van der Waals surface area (Å²) in [7, 11) is 0. The van der Waals surface area contributed by atoms with Crippen molar-refractivity contribution in [3.8, 4) is 0 Å². The Morgan fingerprint density at radius 1 is 0.941 bits per heavy atom. The number of nitrogens with zero attached hydrogens (tertiary/aromatic N) is 2. The van der Waals surface area contributed by atoms with Crippen LogP contribution in [0, 0.1) is 6.92 Å². The SMILES string of the molecule is Cc1[nH]c2ccc(NC(=O)c3ccc(Cl)cc3)cc2c1C(Nc1ccccn1)c1ccccn1. The third-order valence-electron chi connectivity index (χ3n) is 5.63. The summed E-state index contributed by atoms with van der Waals surface area (Å²) >= 11 is 5.95. The summed E-state index contributed by atoms with van der Waals surface area (Å²) < 4.78 is 0. The van der Waals surface area contributed by atoms with Crippen molar-refractivity contribution in [2.45, 2.75) is 13.0 Å². The van der Waals surface area contributed by atoms with Gasteiger partial charge in [0.05, 0.1) is 11.7 Å². The fourth-order valence-corrected chi connectivity index (χ4v) is 4.16. The van der Waals surface area contributed by atoms with Gasteiger partial charge in [-0.05, 0) is 73.7 Å². The maximum Gasteiger partial charge on any atom is 0.255 e. The van der Waals surface area contributed by atoms with E-state index in [1.807, 2.05) is 61.5 Å². The second-order valence-corrected chi connectivity index (χ2v) is 8.37. The summed E-state index contributed by atoms with van der Waals surface area (Å²) in [6.45, 7) is 2.04. The lowest BCUT2D eigenvalue weighted by molar-refractivity contribution is 0.102. The predicted molar refractivity (Wildman–Crippen MR) is 136 cm³/mol. The normalized spacial score (nSPS) is 11.8. The average Bonchev–Trinajstić information content (AvgIpc) is 3.19. The molecule has 3 N–H and O–H groups in total. The molecule has 3 heterocycles. The first-order valence-corrected chi connectivity index (χ1v) is 11.2. The van der Waals surface area contributed by atoms with Gasteiger partial charge >= 0.3 is 0 Å². The first-order valence-electron chi connectivity index (χ1n) is 10.9. The van der Waals surface area contributed by atoms with Crippen LogP contribution < -0.4 is 10.6 Å². The number of aromatic nitrogens is 3.